The molecule has 2 aliphatic heterocycles. The number of ether oxygens (including phenoxy) is 2. The lowest BCUT2D eigenvalue weighted by atomic mass is 10.00. The van der Waals surface area contributed by atoms with Crippen LogP contribution in [0.3, 0.4) is 0 Å². The Morgan fingerprint density at radius 3 is 2.81 bits per heavy atom. The number of rotatable bonds is 4. The van der Waals surface area contributed by atoms with Crippen molar-refractivity contribution >= 4 is 35.1 Å². The van der Waals surface area contributed by atoms with Crippen molar-refractivity contribution in [2.75, 3.05) is 13.3 Å². The van der Waals surface area contributed by atoms with E-state index in [-0.39, 0.29) is 11.5 Å². The number of hydrogen-bond donors (Lipinski definition) is 0. The van der Waals surface area contributed by atoms with E-state index in [0.29, 0.717) is 40.4 Å². The van der Waals surface area contributed by atoms with E-state index in [2.05, 4.69) is 4.90 Å². The fourth-order valence-electron chi connectivity index (χ4n) is 3.95. The highest BCUT2D eigenvalue weighted by atomic mass is 35.5. The molecule has 0 atom stereocenters. The minimum Gasteiger partial charge on any atom is -0.477 e. The third-order valence-electron chi connectivity index (χ3n) is 5.53. The van der Waals surface area contributed by atoms with E-state index in [0.717, 1.165) is 35.4 Å². The van der Waals surface area contributed by atoms with Crippen molar-refractivity contribution in [3.05, 3.63) is 86.5 Å². The van der Waals surface area contributed by atoms with Crippen molar-refractivity contribution in [1.82, 2.24) is 4.90 Å². The molecule has 5 nitrogen and oxygen atoms in total. The highest BCUT2D eigenvalue weighted by Gasteiger charge is 2.33. The number of hydrogen-bond acceptors (Lipinski definition) is 5. The zero-order valence-corrected chi connectivity index (χ0v) is 18.3. The summed E-state index contributed by atoms with van der Waals surface area (Å²) in [6, 6.07) is 11.0. The van der Waals surface area contributed by atoms with Crippen molar-refractivity contribution < 1.29 is 18.7 Å². The van der Waals surface area contributed by atoms with Gasteiger partial charge in [-0.15, -0.1) is 0 Å². The predicted molar refractivity (Wildman–Crippen MR) is 119 cm³/mol. The number of carbonyl (C=O) groups is 1. The van der Waals surface area contributed by atoms with Crippen LogP contribution in [0.2, 0.25) is 10.0 Å². The molecule has 0 saturated carbocycles. The number of fused-ring (bicyclic) bond motifs is 2. The molecule has 3 heterocycles. The summed E-state index contributed by atoms with van der Waals surface area (Å²) in [4.78, 5) is 15.1. The van der Waals surface area contributed by atoms with Crippen molar-refractivity contribution in [3.63, 3.8) is 0 Å². The van der Waals surface area contributed by atoms with Gasteiger partial charge in [0.15, 0.2) is 5.76 Å². The van der Waals surface area contributed by atoms with Gasteiger partial charge in [-0.25, -0.2) is 0 Å². The molecular weight excluding hydrogens is 437 g/mol. The maximum absolute atomic E-state index is 12.9. The van der Waals surface area contributed by atoms with Crippen LogP contribution in [0.5, 0.6) is 11.5 Å². The number of allylic oxidation sites excluding steroid dienone is 1. The summed E-state index contributed by atoms with van der Waals surface area (Å²) in [5, 5.41) is 1.29. The molecule has 5 rings (SSSR count). The molecule has 0 saturated heterocycles. The quantitative estimate of drug-likeness (QED) is 0.458. The van der Waals surface area contributed by atoms with Gasteiger partial charge < -0.3 is 13.9 Å². The van der Waals surface area contributed by atoms with Crippen molar-refractivity contribution in [2.24, 2.45) is 0 Å². The largest absolute Gasteiger partial charge is 0.477 e. The van der Waals surface area contributed by atoms with Crippen LogP contribution >= 0.6 is 23.2 Å². The number of carbonyl (C=O) groups excluding carboxylic acids is 1. The number of halogens is 2. The first kappa shape index (κ1) is 20.2. The van der Waals surface area contributed by atoms with E-state index >= 15 is 0 Å². The Kier molecular flexibility index (Phi) is 5.26. The predicted octanol–water partition coefficient (Wildman–Crippen LogP) is 5.91. The van der Waals surface area contributed by atoms with Gasteiger partial charge in [-0.1, -0.05) is 29.3 Å². The smallest absolute Gasteiger partial charge is 0.232 e. The lowest BCUT2D eigenvalue weighted by Gasteiger charge is -2.30. The summed E-state index contributed by atoms with van der Waals surface area (Å²) in [7, 11) is 0. The first-order valence-electron chi connectivity index (χ1n) is 9.93. The fraction of sp³-hybridized carbons (Fsp3) is 0.208. The monoisotopic (exact) mass is 455 g/mol. The average Bonchev–Trinajstić information content (AvgIpc) is 3.37. The van der Waals surface area contributed by atoms with Gasteiger partial charge >= 0.3 is 0 Å². The lowest BCUT2D eigenvalue weighted by Crippen LogP contribution is -2.34. The zero-order chi connectivity index (χ0) is 21.5. The van der Waals surface area contributed by atoms with E-state index in [4.69, 9.17) is 37.1 Å². The molecule has 0 unspecified atom stereocenters. The number of Topliss-reactive ketones (excluding diaryl/α,β-unsaturated/α-hetero) is 1. The van der Waals surface area contributed by atoms with Crippen LogP contribution in [0.4, 0.5) is 0 Å². The Bertz CT molecular complexity index is 1200. The maximum Gasteiger partial charge on any atom is 0.232 e. The summed E-state index contributed by atoms with van der Waals surface area (Å²) in [5.41, 5.74) is 3.41. The summed E-state index contributed by atoms with van der Waals surface area (Å²) < 4.78 is 17.2. The summed E-state index contributed by atoms with van der Waals surface area (Å²) >= 11 is 12.3. The van der Waals surface area contributed by atoms with Crippen molar-refractivity contribution in [3.8, 4) is 11.5 Å². The van der Waals surface area contributed by atoms with E-state index < -0.39 is 0 Å². The number of nitrogens with zero attached hydrogens (tertiary/aromatic N) is 1. The molecule has 3 aromatic rings. The first-order valence-corrected chi connectivity index (χ1v) is 10.7. The maximum atomic E-state index is 12.9. The van der Waals surface area contributed by atoms with Crippen LogP contribution in [0.15, 0.2) is 52.8 Å². The second kappa shape index (κ2) is 8.08. The average molecular weight is 456 g/mol. The standard InChI is InChI=1S/C24H19Cl2NO4/c1-14-23-16(9-19-22(28)21(31-24(14)19)11-18-3-2-8-29-18)12-27(13-30-23)7-6-15-4-5-17(25)10-20(15)26/h2-5,8-11H,6-7,12-13H2,1H3/b21-11-. The second-order valence-corrected chi connectivity index (χ2v) is 8.48. The summed E-state index contributed by atoms with van der Waals surface area (Å²) in [6.45, 7) is 3.83. The van der Waals surface area contributed by atoms with Gasteiger partial charge in [-0.3, -0.25) is 9.69 Å². The van der Waals surface area contributed by atoms with Gasteiger partial charge in [0.2, 0.25) is 5.78 Å². The van der Waals surface area contributed by atoms with Gasteiger partial charge in [0, 0.05) is 40.3 Å². The molecule has 158 valence electrons. The number of furan rings is 1. The molecule has 2 aromatic carbocycles. The highest BCUT2D eigenvalue weighted by Crippen LogP contribution is 2.43. The Labute approximate surface area is 189 Å². The minimum absolute atomic E-state index is 0.151. The van der Waals surface area contributed by atoms with Gasteiger partial charge in [-0.05, 0) is 49.2 Å². The number of benzene rings is 2. The van der Waals surface area contributed by atoms with Crippen LogP contribution < -0.4 is 9.47 Å². The van der Waals surface area contributed by atoms with E-state index in [1.165, 1.54) is 0 Å². The van der Waals surface area contributed by atoms with E-state index in [1.807, 2.05) is 25.1 Å². The SMILES string of the molecule is Cc1c2c(cc3c1O/C(=C\c1ccco1)C3=O)CN(CCc1ccc(Cl)cc1Cl)CO2. The zero-order valence-electron chi connectivity index (χ0n) is 16.8. The molecule has 1 aromatic heterocycles. The number of ketones is 1. The summed E-state index contributed by atoms with van der Waals surface area (Å²) in [5.74, 6) is 2.02. The molecule has 0 aliphatic carbocycles. The minimum atomic E-state index is -0.151. The fourth-order valence-corrected chi connectivity index (χ4v) is 4.45. The third-order valence-corrected chi connectivity index (χ3v) is 6.12. The molecule has 0 fully saturated rings. The van der Waals surface area contributed by atoms with Crippen LogP contribution in [-0.2, 0) is 13.0 Å². The summed E-state index contributed by atoms with van der Waals surface area (Å²) in [6.07, 6.45) is 3.95. The van der Waals surface area contributed by atoms with Crippen LogP contribution in [0.25, 0.3) is 6.08 Å². The highest BCUT2D eigenvalue weighted by molar-refractivity contribution is 6.35. The Hall–Kier alpha value is -2.73. The lowest BCUT2D eigenvalue weighted by molar-refractivity contribution is 0.0954. The molecule has 31 heavy (non-hydrogen) atoms. The Morgan fingerprint density at radius 1 is 1.16 bits per heavy atom. The molecule has 0 spiro atoms. The Morgan fingerprint density at radius 2 is 2.03 bits per heavy atom. The molecular formula is C24H19Cl2NO4. The van der Waals surface area contributed by atoms with Crippen molar-refractivity contribution in [1.29, 1.82) is 0 Å². The molecule has 0 amide bonds. The Balaban J connectivity index is 1.35. The van der Waals surface area contributed by atoms with E-state index in [1.54, 1.807) is 30.5 Å². The molecule has 7 heteroatoms. The molecule has 0 N–H and O–H groups in total. The molecule has 2 aliphatic rings. The normalized spacial score (nSPS) is 16.7. The van der Waals surface area contributed by atoms with E-state index in [9.17, 15) is 4.79 Å². The van der Waals surface area contributed by atoms with Gasteiger partial charge in [-0.2, -0.15) is 0 Å². The van der Waals surface area contributed by atoms with Gasteiger partial charge in [0.05, 0.1) is 11.8 Å². The van der Waals surface area contributed by atoms with Crippen LogP contribution in [0.1, 0.15) is 32.8 Å². The van der Waals surface area contributed by atoms with Crippen LogP contribution in [0, 0.1) is 6.92 Å². The third kappa shape index (κ3) is 3.85. The van der Waals surface area contributed by atoms with Gasteiger partial charge in [0.1, 0.15) is 24.0 Å². The van der Waals surface area contributed by atoms with Crippen LogP contribution in [-0.4, -0.2) is 24.0 Å². The first-order chi connectivity index (χ1) is 15.0. The topological polar surface area (TPSA) is 51.9 Å². The van der Waals surface area contributed by atoms with Crippen molar-refractivity contribution in [2.45, 2.75) is 19.9 Å². The van der Waals surface area contributed by atoms with Gasteiger partial charge in [0.25, 0.3) is 0 Å². The molecule has 0 radical (unpaired) electrons. The molecule has 0 bridgehead atoms. The second-order valence-electron chi connectivity index (χ2n) is 7.63.